The fraction of sp³-hybridized carbons (Fsp3) is 0.333. The third-order valence-electron chi connectivity index (χ3n) is 4.70. The van der Waals surface area contributed by atoms with Gasteiger partial charge in [0.2, 0.25) is 0 Å². The first kappa shape index (κ1) is 18.8. The predicted molar refractivity (Wildman–Crippen MR) is 102 cm³/mol. The Bertz CT molecular complexity index is 863. The number of nitrogens with zero attached hydrogens (tertiary/aromatic N) is 1. The Hall–Kier alpha value is -3.02. The summed E-state index contributed by atoms with van der Waals surface area (Å²) in [7, 11) is 2.94. The van der Waals surface area contributed by atoms with E-state index in [-0.39, 0.29) is 23.3 Å². The molecule has 3 rings (SSSR count). The summed E-state index contributed by atoms with van der Waals surface area (Å²) in [4.78, 5) is 27.3. The van der Waals surface area contributed by atoms with Gasteiger partial charge >= 0.3 is 5.97 Å². The van der Waals surface area contributed by atoms with Crippen LogP contribution in [0.1, 0.15) is 29.8 Å². The number of ether oxygens (including phenoxy) is 3. The van der Waals surface area contributed by atoms with Crippen molar-refractivity contribution in [2.75, 3.05) is 19.1 Å². The van der Waals surface area contributed by atoms with E-state index in [9.17, 15) is 9.59 Å². The van der Waals surface area contributed by atoms with Gasteiger partial charge in [-0.2, -0.15) is 0 Å². The maximum absolute atomic E-state index is 13.0. The van der Waals surface area contributed by atoms with Gasteiger partial charge in [0.1, 0.15) is 5.56 Å². The van der Waals surface area contributed by atoms with Crippen LogP contribution in [0.25, 0.3) is 0 Å². The van der Waals surface area contributed by atoms with E-state index in [0.29, 0.717) is 5.75 Å². The Balaban J connectivity index is 1.79. The van der Waals surface area contributed by atoms with Crippen LogP contribution in [0, 0.1) is 0 Å². The fourth-order valence-electron chi connectivity index (χ4n) is 3.42. The Morgan fingerprint density at radius 3 is 2.52 bits per heavy atom. The molecule has 0 saturated heterocycles. The molecule has 0 N–H and O–H groups in total. The summed E-state index contributed by atoms with van der Waals surface area (Å²) in [6.07, 6.45) is -0.145. The molecule has 2 aromatic rings. The average Bonchev–Trinajstić information content (AvgIpc) is 3.01. The van der Waals surface area contributed by atoms with E-state index in [0.717, 1.165) is 17.7 Å². The first-order valence-corrected chi connectivity index (χ1v) is 8.80. The largest absolute Gasteiger partial charge is 0.493 e. The molecule has 6 nitrogen and oxygen atoms in total. The Labute approximate surface area is 158 Å². The molecule has 1 amide bonds. The van der Waals surface area contributed by atoms with E-state index in [1.807, 2.05) is 31.2 Å². The van der Waals surface area contributed by atoms with Crippen molar-refractivity contribution in [3.05, 3.63) is 53.6 Å². The highest BCUT2D eigenvalue weighted by Crippen LogP contribution is 2.34. The number of anilines is 1. The lowest BCUT2D eigenvalue weighted by molar-refractivity contribution is -0.126. The highest BCUT2D eigenvalue weighted by atomic mass is 16.6. The number of hydrogen-bond acceptors (Lipinski definition) is 5. The standard InChI is InChI=1S/C21H23NO5/c1-13-12-15-8-5-6-10-17(15)22(13)20(23)14(2)27-21(24)16-9-7-11-18(25-3)19(16)26-4/h5-11,13-14H,12H2,1-4H3/t13-,14+/m1/s1. The molecule has 2 atom stereocenters. The van der Waals surface area contributed by atoms with Crippen molar-refractivity contribution in [2.24, 2.45) is 0 Å². The van der Waals surface area contributed by atoms with Crippen molar-refractivity contribution in [3.8, 4) is 11.5 Å². The molecule has 27 heavy (non-hydrogen) atoms. The molecule has 0 radical (unpaired) electrons. The van der Waals surface area contributed by atoms with E-state index in [2.05, 4.69) is 0 Å². The van der Waals surface area contributed by atoms with Gasteiger partial charge in [0, 0.05) is 11.7 Å². The zero-order chi connectivity index (χ0) is 19.6. The molecule has 142 valence electrons. The topological polar surface area (TPSA) is 65.1 Å². The lowest BCUT2D eigenvalue weighted by Crippen LogP contribution is -2.43. The Kier molecular flexibility index (Phi) is 5.35. The molecule has 0 aromatic heterocycles. The molecule has 1 aliphatic heterocycles. The molecule has 1 aliphatic rings. The number of benzene rings is 2. The van der Waals surface area contributed by atoms with Crippen molar-refractivity contribution in [2.45, 2.75) is 32.4 Å². The van der Waals surface area contributed by atoms with Gasteiger partial charge in [-0.25, -0.2) is 4.79 Å². The second kappa shape index (κ2) is 7.70. The van der Waals surface area contributed by atoms with Gasteiger partial charge in [0.05, 0.1) is 14.2 Å². The van der Waals surface area contributed by atoms with Gasteiger partial charge in [-0.1, -0.05) is 24.3 Å². The van der Waals surface area contributed by atoms with Crippen molar-refractivity contribution in [1.82, 2.24) is 0 Å². The summed E-state index contributed by atoms with van der Waals surface area (Å²) in [5.74, 6) is -0.174. The van der Waals surface area contributed by atoms with Gasteiger partial charge in [-0.15, -0.1) is 0 Å². The number of rotatable bonds is 5. The number of carbonyl (C=O) groups is 2. The second-order valence-corrected chi connectivity index (χ2v) is 6.48. The Morgan fingerprint density at radius 2 is 1.81 bits per heavy atom. The van der Waals surface area contributed by atoms with E-state index in [4.69, 9.17) is 14.2 Å². The summed E-state index contributed by atoms with van der Waals surface area (Å²) in [5.41, 5.74) is 2.20. The zero-order valence-electron chi connectivity index (χ0n) is 15.9. The van der Waals surface area contributed by atoms with Gasteiger partial charge in [-0.3, -0.25) is 4.79 Å². The monoisotopic (exact) mass is 369 g/mol. The molecular weight excluding hydrogens is 346 g/mol. The van der Waals surface area contributed by atoms with Crippen LogP contribution in [-0.2, 0) is 16.0 Å². The minimum atomic E-state index is -0.929. The molecule has 1 heterocycles. The molecular formula is C21H23NO5. The first-order chi connectivity index (χ1) is 13.0. The van der Waals surface area contributed by atoms with Crippen LogP contribution in [0.3, 0.4) is 0 Å². The number of methoxy groups -OCH3 is 2. The van der Waals surface area contributed by atoms with Crippen LogP contribution in [0.2, 0.25) is 0 Å². The first-order valence-electron chi connectivity index (χ1n) is 8.80. The van der Waals surface area contributed by atoms with Crippen molar-refractivity contribution in [3.63, 3.8) is 0 Å². The average molecular weight is 369 g/mol. The minimum absolute atomic E-state index is 0.0161. The van der Waals surface area contributed by atoms with Crippen LogP contribution in [-0.4, -0.2) is 38.2 Å². The maximum Gasteiger partial charge on any atom is 0.342 e. The van der Waals surface area contributed by atoms with E-state index >= 15 is 0 Å². The number of para-hydroxylation sites is 2. The van der Waals surface area contributed by atoms with Gasteiger partial charge in [-0.05, 0) is 44.0 Å². The number of amides is 1. The van der Waals surface area contributed by atoms with E-state index in [1.165, 1.54) is 14.2 Å². The summed E-state index contributed by atoms with van der Waals surface area (Å²) >= 11 is 0. The van der Waals surface area contributed by atoms with Crippen molar-refractivity contribution in [1.29, 1.82) is 0 Å². The lowest BCUT2D eigenvalue weighted by atomic mass is 10.1. The normalized spacial score (nSPS) is 16.4. The number of carbonyl (C=O) groups excluding carboxylic acids is 2. The molecule has 0 bridgehead atoms. The van der Waals surface area contributed by atoms with E-state index in [1.54, 1.807) is 30.0 Å². The molecule has 0 fully saturated rings. The fourth-order valence-corrected chi connectivity index (χ4v) is 3.42. The lowest BCUT2D eigenvalue weighted by Gasteiger charge is -2.26. The SMILES string of the molecule is COc1cccc(C(=O)O[C@@H](C)C(=O)N2c3ccccc3C[C@H]2C)c1OC. The molecule has 0 aliphatic carbocycles. The summed E-state index contributed by atoms with van der Waals surface area (Å²) in [6.45, 7) is 3.57. The predicted octanol–water partition coefficient (Wildman–Crippen LogP) is 3.23. The smallest absolute Gasteiger partial charge is 0.342 e. The third kappa shape index (κ3) is 3.47. The molecule has 2 aromatic carbocycles. The van der Waals surface area contributed by atoms with Crippen LogP contribution < -0.4 is 14.4 Å². The van der Waals surface area contributed by atoms with Gasteiger partial charge in [0.15, 0.2) is 17.6 Å². The number of fused-ring (bicyclic) bond motifs is 1. The minimum Gasteiger partial charge on any atom is -0.493 e. The van der Waals surface area contributed by atoms with Crippen LogP contribution in [0.15, 0.2) is 42.5 Å². The Morgan fingerprint density at radius 1 is 1.07 bits per heavy atom. The van der Waals surface area contributed by atoms with Gasteiger partial charge < -0.3 is 19.1 Å². The van der Waals surface area contributed by atoms with E-state index < -0.39 is 12.1 Å². The summed E-state index contributed by atoms with van der Waals surface area (Å²) in [6, 6.07) is 12.7. The molecule has 6 heteroatoms. The van der Waals surface area contributed by atoms with Crippen LogP contribution in [0.4, 0.5) is 5.69 Å². The highest BCUT2D eigenvalue weighted by Gasteiger charge is 2.35. The molecule has 0 unspecified atom stereocenters. The van der Waals surface area contributed by atoms with Crippen molar-refractivity contribution >= 4 is 17.6 Å². The zero-order valence-corrected chi connectivity index (χ0v) is 15.9. The second-order valence-electron chi connectivity index (χ2n) is 6.48. The van der Waals surface area contributed by atoms with Crippen LogP contribution in [0.5, 0.6) is 11.5 Å². The molecule has 0 saturated carbocycles. The summed E-state index contributed by atoms with van der Waals surface area (Å²) < 4.78 is 15.9. The van der Waals surface area contributed by atoms with Crippen LogP contribution >= 0.6 is 0 Å². The van der Waals surface area contributed by atoms with Crippen molar-refractivity contribution < 1.29 is 23.8 Å². The quantitative estimate of drug-likeness (QED) is 0.757. The molecule has 0 spiro atoms. The van der Waals surface area contributed by atoms with Gasteiger partial charge in [0.25, 0.3) is 5.91 Å². The summed E-state index contributed by atoms with van der Waals surface area (Å²) in [5, 5.41) is 0. The third-order valence-corrected chi connectivity index (χ3v) is 4.70. The number of esters is 1. The highest BCUT2D eigenvalue weighted by molar-refractivity contribution is 6.01. The number of hydrogen-bond donors (Lipinski definition) is 0. The maximum atomic E-state index is 13.0.